The minimum atomic E-state index is -0.600. The van der Waals surface area contributed by atoms with Gasteiger partial charge in [-0.05, 0) is 24.1 Å². The number of benzene rings is 1. The van der Waals surface area contributed by atoms with Gasteiger partial charge in [-0.15, -0.1) is 0 Å². The maximum atomic E-state index is 11.6. The number of ether oxygens (including phenoxy) is 3. The second-order valence-corrected chi connectivity index (χ2v) is 4.15. The van der Waals surface area contributed by atoms with Crippen LogP contribution >= 0.6 is 0 Å². The van der Waals surface area contributed by atoms with Gasteiger partial charge in [0.1, 0.15) is 0 Å². The van der Waals surface area contributed by atoms with Crippen molar-refractivity contribution in [3.8, 4) is 11.5 Å². The molecule has 0 amide bonds. The summed E-state index contributed by atoms with van der Waals surface area (Å²) < 4.78 is 14.9. The van der Waals surface area contributed by atoms with Crippen LogP contribution in [0.1, 0.15) is 25.3 Å². The van der Waals surface area contributed by atoms with Gasteiger partial charge >= 0.3 is 11.9 Å². The average molecular weight is 279 g/mol. The number of hydrogen-bond acceptors (Lipinski definition) is 5. The standard InChI is InChI=1S/C15H19O5/c1-4-5-6-14(16)20-15(17)10-11-7-8-12(18-2)13(9-11)19-3/h6-9H,4-5,10H2,1-3H3. The Morgan fingerprint density at radius 2 is 1.85 bits per heavy atom. The Balaban J connectivity index is 2.59. The minimum absolute atomic E-state index is 0.00601. The first kappa shape index (κ1) is 16.0. The maximum absolute atomic E-state index is 11.6. The summed E-state index contributed by atoms with van der Waals surface area (Å²) in [5, 5.41) is 0. The van der Waals surface area contributed by atoms with Crippen molar-refractivity contribution in [2.45, 2.75) is 26.2 Å². The molecule has 0 atom stereocenters. The molecule has 109 valence electrons. The van der Waals surface area contributed by atoms with E-state index in [9.17, 15) is 9.59 Å². The normalized spacial score (nSPS) is 9.95. The molecule has 0 saturated carbocycles. The third-order valence-corrected chi connectivity index (χ3v) is 2.61. The fraction of sp³-hybridized carbons (Fsp3) is 0.400. The molecule has 0 spiro atoms. The summed E-state index contributed by atoms with van der Waals surface area (Å²) in [6, 6.07) is 5.11. The highest BCUT2D eigenvalue weighted by atomic mass is 16.6. The fourth-order valence-electron chi connectivity index (χ4n) is 1.61. The molecule has 0 bridgehead atoms. The highest BCUT2D eigenvalue weighted by Gasteiger charge is 2.13. The monoisotopic (exact) mass is 279 g/mol. The third-order valence-electron chi connectivity index (χ3n) is 2.61. The Morgan fingerprint density at radius 1 is 1.15 bits per heavy atom. The van der Waals surface area contributed by atoms with Crippen LogP contribution in [-0.2, 0) is 20.7 Å². The lowest BCUT2D eigenvalue weighted by Crippen LogP contribution is -2.14. The van der Waals surface area contributed by atoms with Crippen molar-refractivity contribution in [1.29, 1.82) is 0 Å². The lowest BCUT2D eigenvalue weighted by atomic mass is 10.1. The molecule has 20 heavy (non-hydrogen) atoms. The van der Waals surface area contributed by atoms with Gasteiger partial charge in [-0.3, -0.25) is 9.59 Å². The summed E-state index contributed by atoms with van der Waals surface area (Å²) >= 11 is 0. The Morgan fingerprint density at radius 3 is 2.45 bits per heavy atom. The van der Waals surface area contributed by atoms with Crippen LogP contribution in [0, 0.1) is 6.42 Å². The van der Waals surface area contributed by atoms with Gasteiger partial charge in [0.05, 0.1) is 27.1 Å². The zero-order valence-electron chi connectivity index (χ0n) is 12.0. The summed E-state index contributed by atoms with van der Waals surface area (Å²) in [6.07, 6.45) is 2.81. The molecule has 1 radical (unpaired) electrons. The SMILES string of the molecule is CCC[CH]C(=O)OC(=O)Cc1ccc(OC)c(OC)c1. The van der Waals surface area contributed by atoms with Crippen molar-refractivity contribution in [2.24, 2.45) is 0 Å². The lowest BCUT2D eigenvalue weighted by Gasteiger charge is -2.09. The van der Waals surface area contributed by atoms with E-state index in [-0.39, 0.29) is 6.42 Å². The number of rotatable bonds is 7. The van der Waals surface area contributed by atoms with Crippen molar-refractivity contribution >= 4 is 11.9 Å². The molecule has 0 aliphatic carbocycles. The smallest absolute Gasteiger partial charge is 0.317 e. The molecule has 5 nitrogen and oxygen atoms in total. The van der Waals surface area contributed by atoms with E-state index in [1.165, 1.54) is 20.6 Å². The first-order chi connectivity index (χ1) is 9.60. The predicted molar refractivity (Wildman–Crippen MR) is 73.6 cm³/mol. The van der Waals surface area contributed by atoms with Crippen molar-refractivity contribution in [1.82, 2.24) is 0 Å². The zero-order chi connectivity index (χ0) is 15.0. The van der Waals surface area contributed by atoms with Crippen LogP contribution in [0.4, 0.5) is 0 Å². The van der Waals surface area contributed by atoms with E-state index in [1.807, 2.05) is 6.92 Å². The molecule has 0 aliphatic rings. The van der Waals surface area contributed by atoms with E-state index in [0.717, 1.165) is 6.42 Å². The van der Waals surface area contributed by atoms with Gasteiger partial charge in [0.15, 0.2) is 11.5 Å². The molecular formula is C15H19O5. The van der Waals surface area contributed by atoms with E-state index in [2.05, 4.69) is 4.74 Å². The van der Waals surface area contributed by atoms with E-state index in [4.69, 9.17) is 9.47 Å². The summed E-state index contributed by atoms with van der Waals surface area (Å²) in [5.41, 5.74) is 0.691. The molecule has 0 aromatic heterocycles. The van der Waals surface area contributed by atoms with E-state index < -0.39 is 11.9 Å². The van der Waals surface area contributed by atoms with Crippen molar-refractivity contribution in [2.75, 3.05) is 14.2 Å². The van der Waals surface area contributed by atoms with Gasteiger partial charge in [-0.1, -0.05) is 19.4 Å². The van der Waals surface area contributed by atoms with Gasteiger partial charge in [0.2, 0.25) is 0 Å². The van der Waals surface area contributed by atoms with Gasteiger partial charge in [0, 0.05) is 0 Å². The first-order valence-electron chi connectivity index (χ1n) is 6.39. The molecule has 1 aromatic rings. The Kier molecular flexibility index (Phi) is 6.56. The van der Waals surface area contributed by atoms with Crippen LogP contribution in [0.15, 0.2) is 18.2 Å². The first-order valence-corrected chi connectivity index (χ1v) is 6.39. The van der Waals surface area contributed by atoms with Crippen LogP contribution in [-0.4, -0.2) is 26.2 Å². The number of carbonyl (C=O) groups is 2. The van der Waals surface area contributed by atoms with Crippen LogP contribution in [0.25, 0.3) is 0 Å². The van der Waals surface area contributed by atoms with Crippen molar-refractivity contribution in [3.63, 3.8) is 0 Å². The van der Waals surface area contributed by atoms with Crippen LogP contribution in [0.5, 0.6) is 11.5 Å². The van der Waals surface area contributed by atoms with Crippen LogP contribution < -0.4 is 9.47 Å². The second kappa shape index (κ2) is 8.19. The molecule has 0 aliphatic heterocycles. The molecule has 0 N–H and O–H groups in total. The summed E-state index contributed by atoms with van der Waals surface area (Å²) in [7, 11) is 3.05. The minimum Gasteiger partial charge on any atom is -0.493 e. The molecule has 5 heteroatoms. The Labute approximate surface area is 118 Å². The van der Waals surface area contributed by atoms with E-state index in [1.54, 1.807) is 18.2 Å². The highest BCUT2D eigenvalue weighted by molar-refractivity contribution is 5.90. The maximum Gasteiger partial charge on any atom is 0.317 e. The lowest BCUT2D eigenvalue weighted by molar-refractivity contribution is -0.156. The zero-order valence-corrected chi connectivity index (χ0v) is 12.0. The van der Waals surface area contributed by atoms with Crippen LogP contribution in [0.2, 0.25) is 0 Å². The quantitative estimate of drug-likeness (QED) is 0.566. The van der Waals surface area contributed by atoms with E-state index >= 15 is 0 Å². The van der Waals surface area contributed by atoms with Gasteiger partial charge < -0.3 is 14.2 Å². The summed E-state index contributed by atoms with van der Waals surface area (Å²) in [5.74, 6) is -0.0782. The molecule has 0 unspecified atom stereocenters. The average Bonchev–Trinajstić information content (AvgIpc) is 2.44. The van der Waals surface area contributed by atoms with Crippen molar-refractivity contribution < 1.29 is 23.8 Å². The summed E-state index contributed by atoms with van der Waals surface area (Å²) in [4.78, 5) is 22.9. The van der Waals surface area contributed by atoms with Crippen LogP contribution in [0.3, 0.4) is 0 Å². The summed E-state index contributed by atoms with van der Waals surface area (Å²) in [6.45, 7) is 1.94. The Bertz CT molecular complexity index is 467. The molecule has 1 rings (SSSR count). The predicted octanol–water partition coefficient (Wildman–Crippen LogP) is 2.32. The fourth-order valence-corrected chi connectivity index (χ4v) is 1.61. The topological polar surface area (TPSA) is 61.8 Å². The number of unbranched alkanes of at least 4 members (excludes halogenated alkanes) is 1. The number of esters is 2. The molecule has 1 aromatic carbocycles. The second-order valence-electron chi connectivity index (χ2n) is 4.15. The molecule has 0 fully saturated rings. The number of methoxy groups -OCH3 is 2. The van der Waals surface area contributed by atoms with Crippen molar-refractivity contribution in [3.05, 3.63) is 30.2 Å². The Hall–Kier alpha value is -2.04. The van der Waals surface area contributed by atoms with Gasteiger partial charge in [-0.2, -0.15) is 0 Å². The number of hydrogen-bond donors (Lipinski definition) is 0. The highest BCUT2D eigenvalue weighted by Crippen LogP contribution is 2.27. The largest absolute Gasteiger partial charge is 0.493 e. The molecule has 0 heterocycles. The van der Waals surface area contributed by atoms with Gasteiger partial charge in [0.25, 0.3) is 0 Å². The number of carbonyl (C=O) groups excluding carboxylic acids is 2. The van der Waals surface area contributed by atoms with E-state index in [0.29, 0.717) is 23.5 Å². The molecule has 0 saturated heterocycles. The van der Waals surface area contributed by atoms with Gasteiger partial charge in [-0.25, -0.2) is 0 Å². The molecular weight excluding hydrogens is 260 g/mol. The third kappa shape index (κ3) is 4.91.